The first kappa shape index (κ1) is 24.8. The third-order valence-electron chi connectivity index (χ3n) is 6.90. The molecule has 0 radical (unpaired) electrons. The van der Waals surface area contributed by atoms with Gasteiger partial charge in [-0.1, -0.05) is 67.3 Å². The van der Waals surface area contributed by atoms with Gasteiger partial charge in [0.15, 0.2) is 0 Å². The number of nitrogens with one attached hydrogen (secondary N) is 3. The number of benzene rings is 2. The lowest BCUT2D eigenvalue weighted by Gasteiger charge is -2.09. The molecule has 0 aliphatic rings. The molecule has 0 fully saturated rings. The van der Waals surface area contributed by atoms with Crippen LogP contribution in [-0.4, -0.2) is 26.7 Å². The summed E-state index contributed by atoms with van der Waals surface area (Å²) in [6.07, 6.45) is 10.1. The molecule has 0 bridgehead atoms. The molecule has 0 saturated carbocycles. The summed E-state index contributed by atoms with van der Waals surface area (Å²) < 4.78 is 0. The smallest absolute Gasteiger partial charge is 0.116 e. The standard InChI is InChI=1S/C33H29N5S/c1-3-22(18-34-19-23-9-6-5-7-10-23)15-24(4-2)25-12-13-29-27(16-25)33(38-37-29)30-17-26-28(32-11-8-14-39-32)20-35-21-31(26)36-30/h3-17,20-21,34,36H,1,18-19H2,2H3,(H,37,38)/b22-15+,24-4+. The molecule has 6 rings (SSSR count). The number of aromatic nitrogens is 4. The molecule has 6 aromatic rings. The molecule has 0 aliphatic carbocycles. The highest BCUT2D eigenvalue weighted by Gasteiger charge is 2.15. The van der Waals surface area contributed by atoms with Crippen LogP contribution in [0.25, 0.3) is 49.2 Å². The van der Waals surface area contributed by atoms with Gasteiger partial charge >= 0.3 is 0 Å². The highest BCUT2D eigenvalue weighted by Crippen LogP contribution is 2.35. The van der Waals surface area contributed by atoms with Crippen LogP contribution in [0.4, 0.5) is 0 Å². The van der Waals surface area contributed by atoms with E-state index in [4.69, 9.17) is 5.10 Å². The average Bonchev–Trinajstić information content (AvgIpc) is 3.74. The number of nitrogens with zero attached hydrogens (tertiary/aromatic N) is 2. The molecule has 6 heteroatoms. The van der Waals surface area contributed by atoms with Gasteiger partial charge in [0, 0.05) is 40.5 Å². The van der Waals surface area contributed by atoms with Crippen molar-refractivity contribution in [3.8, 4) is 21.8 Å². The van der Waals surface area contributed by atoms with Crippen molar-refractivity contribution >= 4 is 38.7 Å². The summed E-state index contributed by atoms with van der Waals surface area (Å²) >= 11 is 1.72. The molecule has 4 aromatic heterocycles. The lowest BCUT2D eigenvalue weighted by Crippen LogP contribution is -2.15. The third-order valence-corrected chi connectivity index (χ3v) is 7.80. The Balaban J connectivity index is 1.30. The van der Waals surface area contributed by atoms with Gasteiger partial charge in [0.2, 0.25) is 0 Å². The van der Waals surface area contributed by atoms with Crippen LogP contribution < -0.4 is 5.32 Å². The highest BCUT2D eigenvalue weighted by molar-refractivity contribution is 7.13. The molecule has 0 unspecified atom stereocenters. The number of hydrogen-bond donors (Lipinski definition) is 3. The molecule has 5 nitrogen and oxygen atoms in total. The molecule has 0 amide bonds. The molecule has 39 heavy (non-hydrogen) atoms. The maximum atomic E-state index is 4.69. The van der Waals surface area contributed by atoms with Crippen molar-refractivity contribution in [3.63, 3.8) is 0 Å². The fourth-order valence-corrected chi connectivity index (χ4v) is 5.62. The normalized spacial score (nSPS) is 12.4. The number of allylic oxidation sites excluding steroid dienone is 3. The Morgan fingerprint density at radius 3 is 2.69 bits per heavy atom. The van der Waals surface area contributed by atoms with E-state index in [-0.39, 0.29) is 0 Å². The lowest BCUT2D eigenvalue weighted by atomic mass is 10.00. The summed E-state index contributed by atoms with van der Waals surface area (Å²) in [6, 6.07) is 23.3. The van der Waals surface area contributed by atoms with Crippen LogP contribution in [0.15, 0.2) is 115 Å². The fourth-order valence-electron chi connectivity index (χ4n) is 4.87. The Hall–Kier alpha value is -4.52. The minimum absolute atomic E-state index is 0.741. The molecule has 0 spiro atoms. The summed E-state index contributed by atoms with van der Waals surface area (Å²) in [5, 5.41) is 15.7. The maximum Gasteiger partial charge on any atom is 0.116 e. The number of H-pyrrole nitrogens is 2. The summed E-state index contributed by atoms with van der Waals surface area (Å²) in [6.45, 7) is 7.68. The molecule has 0 atom stereocenters. The molecular weight excluding hydrogens is 498 g/mol. The van der Waals surface area contributed by atoms with Crippen LogP contribution in [0.5, 0.6) is 0 Å². The predicted octanol–water partition coefficient (Wildman–Crippen LogP) is 8.14. The Morgan fingerprint density at radius 1 is 1.00 bits per heavy atom. The van der Waals surface area contributed by atoms with Crippen LogP contribution in [0.2, 0.25) is 0 Å². The minimum atomic E-state index is 0.741. The van der Waals surface area contributed by atoms with E-state index in [1.165, 1.54) is 10.4 Å². The van der Waals surface area contributed by atoms with Gasteiger partial charge < -0.3 is 10.3 Å². The van der Waals surface area contributed by atoms with Gasteiger partial charge in [-0.3, -0.25) is 10.1 Å². The van der Waals surface area contributed by atoms with Crippen molar-refractivity contribution in [2.24, 2.45) is 0 Å². The van der Waals surface area contributed by atoms with Crippen LogP contribution in [0, 0.1) is 0 Å². The highest BCUT2D eigenvalue weighted by atomic mass is 32.1. The van der Waals surface area contributed by atoms with E-state index in [0.717, 1.165) is 68.6 Å². The van der Waals surface area contributed by atoms with E-state index < -0.39 is 0 Å². The van der Waals surface area contributed by atoms with Crippen LogP contribution in [0.1, 0.15) is 18.1 Å². The Morgan fingerprint density at radius 2 is 1.90 bits per heavy atom. The Kier molecular flexibility index (Phi) is 7.04. The molecule has 4 heterocycles. The first-order valence-corrected chi connectivity index (χ1v) is 13.8. The number of fused-ring (bicyclic) bond motifs is 2. The van der Waals surface area contributed by atoms with Crippen molar-refractivity contribution in [1.29, 1.82) is 0 Å². The molecule has 0 aliphatic heterocycles. The lowest BCUT2D eigenvalue weighted by molar-refractivity contribution is 0.747. The Labute approximate surface area is 231 Å². The molecule has 192 valence electrons. The van der Waals surface area contributed by atoms with Gasteiger partial charge in [0.25, 0.3) is 0 Å². The molecule has 2 aromatic carbocycles. The maximum absolute atomic E-state index is 4.69. The largest absolute Gasteiger partial charge is 0.352 e. The van der Waals surface area contributed by atoms with Crippen LogP contribution in [0.3, 0.4) is 0 Å². The topological polar surface area (TPSA) is 69.4 Å². The van der Waals surface area contributed by atoms with Gasteiger partial charge in [0.05, 0.1) is 22.9 Å². The molecular formula is C33H29N5S. The van der Waals surface area contributed by atoms with Crippen molar-refractivity contribution < 1.29 is 0 Å². The second kappa shape index (κ2) is 11.1. The fraction of sp³-hybridized carbons (Fsp3) is 0.0909. The predicted molar refractivity (Wildman–Crippen MR) is 165 cm³/mol. The van der Waals surface area contributed by atoms with E-state index in [1.807, 2.05) is 24.5 Å². The first-order valence-electron chi connectivity index (χ1n) is 13.0. The van der Waals surface area contributed by atoms with Gasteiger partial charge in [-0.15, -0.1) is 11.3 Å². The number of pyridine rings is 1. The summed E-state index contributed by atoms with van der Waals surface area (Å²) in [5.41, 5.74) is 9.66. The second-order valence-electron chi connectivity index (χ2n) is 9.40. The number of thiophene rings is 1. The van der Waals surface area contributed by atoms with Gasteiger partial charge in [-0.05, 0) is 58.8 Å². The quantitative estimate of drug-likeness (QED) is 0.166. The van der Waals surface area contributed by atoms with E-state index in [9.17, 15) is 0 Å². The minimum Gasteiger partial charge on any atom is -0.352 e. The van der Waals surface area contributed by atoms with E-state index in [2.05, 4.69) is 112 Å². The third kappa shape index (κ3) is 5.12. The van der Waals surface area contributed by atoms with Crippen molar-refractivity contribution in [3.05, 3.63) is 126 Å². The monoisotopic (exact) mass is 527 g/mol. The summed E-state index contributed by atoms with van der Waals surface area (Å²) in [5.74, 6) is 0. The van der Waals surface area contributed by atoms with Crippen LogP contribution >= 0.6 is 11.3 Å². The second-order valence-corrected chi connectivity index (χ2v) is 10.3. The summed E-state index contributed by atoms with van der Waals surface area (Å²) in [4.78, 5) is 9.22. The van der Waals surface area contributed by atoms with Crippen molar-refractivity contribution in [2.45, 2.75) is 13.5 Å². The zero-order valence-electron chi connectivity index (χ0n) is 21.7. The van der Waals surface area contributed by atoms with Gasteiger partial charge in [-0.25, -0.2) is 0 Å². The number of rotatable bonds is 9. The number of hydrogen-bond acceptors (Lipinski definition) is 4. The number of aromatic amines is 2. The van der Waals surface area contributed by atoms with E-state index >= 15 is 0 Å². The Bertz CT molecular complexity index is 1800. The summed E-state index contributed by atoms with van der Waals surface area (Å²) in [7, 11) is 0. The van der Waals surface area contributed by atoms with E-state index in [1.54, 1.807) is 11.3 Å². The van der Waals surface area contributed by atoms with Gasteiger partial charge in [0.1, 0.15) is 5.69 Å². The van der Waals surface area contributed by atoms with Crippen LogP contribution in [-0.2, 0) is 6.54 Å². The SMILES string of the molecule is C=C/C(=C\C(=C/C)c1ccc2[nH]nc(-c3cc4c(-c5cccs5)cncc4[nH]3)c2c1)CNCc1ccccc1. The zero-order chi connectivity index (χ0) is 26.6. The molecule has 0 saturated heterocycles. The average molecular weight is 528 g/mol. The van der Waals surface area contributed by atoms with E-state index in [0.29, 0.717) is 0 Å². The first-order chi connectivity index (χ1) is 19.2. The van der Waals surface area contributed by atoms with Gasteiger partial charge in [-0.2, -0.15) is 5.10 Å². The van der Waals surface area contributed by atoms with Crippen molar-refractivity contribution in [1.82, 2.24) is 25.5 Å². The van der Waals surface area contributed by atoms with Crippen molar-refractivity contribution in [2.75, 3.05) is 6.54 Å². The molecule has 3 N–H and O–H groups in total. The zero-order valence-corrected chi connectivity index (χ0v) is 22.6.